The predicted molar refractivity (Wildman–Crippen MR) is 80.5 cm³/mol. The first-order valence-corrected chi connectivity index (χ1v) is 6.45. The van der Waals surface area contributed by atoms with Crippen molar-refractivity contribution in [2.45, 2.75) is 20.8 Å². The molecule has 0 aliphatic rings. The number of aryl methyl sites for hydroxylation is 2. The number of benzene rings is 1. The Bertz CT molecular complexity index is 650. The molecule has 0 saturated heterocycles. The molecule has 0 amide bonds. The SMILES string of the molecule is C/C(=N\Nc1nc(C)cc(C)n1)c1cc(Cl)ccc1O. The van der Waals surface area contributed by atoms with Crippen LogP contribution < -0.4 is 5.43 Å². The van der Waals surface area contributed by atoms with E-state index in [1.807, 2.05) is 19.9 Å². The third kappa shape index (κ3) is 3.45. The van der Waals surface area contributed by atoms with Crippen LogP contribution in [-0.2, 0) is 0 Å². The van der Waals surface area contributed by atoms with Gasteiger partial charge in [0.15, 0.2) is 0 Å². The number of hydrogen-bond donors (Lipinski definition) is 2. The lowest BCUT2D eigenvalue weighted by molar-refractivity contribution is 0.474. The zero-order valence-corrected chi connectivity index (χ0v) is 12.2. The van der Waals surface area contributed by atoms with E-state index in [0.29, 0.717) is 22.2 Å². The van der Waals surface area contributed by atoms with Gasteiger partial charge in [-0.3, -0.25) is 0 Å². The van der Waals surface area contributed by atoms with Gasteiger partial charge in [-0.25, -0.2) is 15.4 Å². The molecule has 6 heteroatoms. The number of phenolic OH excluding ortho intramolecular Hbond substituents is 1. The van der Waals surface area contributed by atoms with Crippen molar-refractivity contribution in [3.63, 3.8) is 0 Å². The van der Waals surface area contributed by atoms with Crippen molar-refractivity contribution in [3.8, 4) is 5.75 Å². The quantitative estimate of drug-likeness (QED) is 0.672. The van der Waals surface area contributed by atoms with Gasteiger partial charge in [0.1, 0.15) is 5.75 Å². The molecule has 0 unspecified atom stereocenters. The van der Waals surface area contributed by atoms with Gasteiger partial charge in [0.2, 0.25) is 5.95 Å². The van der Waals surface area contributed by atoms with E-state index >= 15 is 0 Å². The van der Waals surface area contributed by atoms with Gasteiger partial charge in [-0.15, -0.1) is 0 Å². The minimum absolute atomic E-state index is 0.124. The fourth-order valence-corrected chi connectivity index (χ4v) is 1.94. The maximum Gasteiger partial charge on any atom is 0.243 e. The number of hydrazone groups is 1. The summed E-state index contributed by atoms with van der Waals surface area (Å²) in [6, 6.07) is 6.68. The van der Waals surface area contributed by atoms with E-state index in [1.165, 1.54) is 6.07 Å². The molecule has 0 aliphatic heterocycles. The van der Waals surface area contributed by atoms with E-state index < -0.39 is 0 Å². The van der Waals surface area contributed by atoms with Gasteiger partial charge in [0.05, 0.1) is 5.71 Å². The van der Waals surface area contributed by atoms with E-state index in [9.17, 15) is 5.11 Å². The van der Waals surface area contributed by atoms with Crippen LogP contribution in [0.4, 0.5) is 5.95 Å². The molecule has 20 heavy (non-hydrogen) atoms. The fraction of sp³-hybridized carbons (Fsp3) is 0.214. The number of aromatic hydroxyl groups is 1. The molecule has 104 valence electrons. The van der Waals surface area contributed by atoms with Crippen molar-refractivity contribution in [2.75, 3.05) is 5.43 Å². The summed E-state index contributed by atoms with van der Waals surface area (Å²) in [4.78, 5) is 8.44. The molecule has 1 aromatic carbocycles. The molecule has 2 aromatic rings. The summed E-state index contributed by atoms with van der Waals surface area (Å²) in [5, 5.41) is 14.5. The summed E-state index contributed by atoms with van der Waals surface area (Å²) in [6.07, 6.45) is 0. The highest BCUT2D eigenvalue weighted by molar-refractivity contribution is 6.31. The first-order chi connectivity index (χ1) is 9.45. The smallest absolute Gasteiger partial charge is 0.243 e. The standard InChI is InChI=1S/C14H15ClN4O/c1-8-6-9(2)17-14(16-8)19-18-10(3)12-7-11(15)4-5-13(12)20/h4-7,20H,1-3H3,(H,16,17,19)/b18-10+. The van der Waals surface area contributed by atoms with Crippen LogP contribution in [0.5, 0.6) is 5.75 Å². The summed E-state index contributed by atoms with van der Waals surface area (Å²) in [5.74, 6) is 0.544. The minimum atomic E-state index is 0.124. The normalized spacial score (nSPS) is 11.5. The molecule has 2 rings (SSSR count). The minimum Gasteiger partial charge on any atom is -0.507 e. The molecule has 0 radical (unpaired) electrons. The number of aromatic nitrogens is 2. The van der Waals surface area contributed by atoms with Gasteiger partial charge >= 0.3 is 0 Å². The Morgan fingerprint density at radius 2 is 1.85 bits per heavy atom. The third-order valence-corrected chi connectivity index (χ3v) is 2.89. The average Bonchev–Trinajstić information content (AvgIpc) is 2.38. The van der Waals surface area contributed by atoms with Crippen molar-refractivity contribution < 1.29 is 5.11 Å². The monoisotopic (exact) mass is 290 g/mol. The molecule has 1 heterocycles. The Morgan fingerprint density at radius 3 is 2.50 bits per heavy atom. The maximum absolute atomic E-state index is 9.79. The molecule has 0 saturated carbocycles. The number of phenols is 1. The van der Waals surface area contributed by atoms with Crippen LogP contribution in [0.25, 0.3) is 0 Å². The lowest BCUT2D eigenvalue weighted by Gasteiger charge is -2.06. The number of nitrogens with one attached hydrogen (secondary N) is 1. The second-order valence-electron chi connectivity index (χ2n) is 4.44. The first kappa shape index (κ1) is 14.3. The van der Waals surface area contributed by atoms with Crippen LogP contribution in [0.1, 0.15) is 23.9 Å². The van der Waals surface area contributed by atoms with Gasteiger partial charge < -0.3 is 5.11 Å². The summed E-state index contributed by atoms with van der Waals surface area (Å²) < 4.78 is 0. The summed E-state index contributed by atoms with van der Waals surface area (Å²) in [7, 11) is 0. The summed E-state index contributed by atoms with van der Waals surface area (Å²) in [6.45, 7) is 5.54. The van der Waals surface area contributed by atoms with E-state index in [2.05, 4.69) is 20.5 Å². The number of anilines is 1. The Balaban J connectivity index is 2.24. The zero-order valence-electron chi connectivity index (χ0n) is 11.5. The molecule has 0 bridgehead atoms. The zero-order chi connectivity index (χ0) is 14.7. The third-order valence-electron chi connectivity index (χ3n) is 2.65. The fourth-order valence-electron chi connectivity index (χ4n) is 1.77. The molecule has 0 spiro atoms. The van der Waals surface area contributed by atoms with Gasteiger partial charge in [-0.1, -0.05) is 11.6 Å². The second-order valence-corrected chi connectivity index (χ2v) is 4.88. The Hall–Kier alpha value is -2.14. The lowest BCUT2D eigenvalue weighted by Crippen LogP contribution is -2.04. The molecule has 5 nitrogen and oxygen atoms in total. The Labute approximate surface area is 122 Å². The van der Waals surface area contributed by atoms with E-state index in [0.717, 1.165) is 11.4 Å². The van der Waals surface area contributed by atoms with Crippen LogP contribution in [0.3, 0.4) is 0 Å². The molecule has 2 N–H and O–H groups in total. The number of halogens is 1. The lowest BCUT2D eigenvalue weighted by atomic mass is 10.1. The molecular formula is C14H15ClN4O. The number of nitrogens with zero attached hydrogens (tertiary/aromatic N) is 3. The van der Waals surface area contributed by atoms with Gasteiger partial charge in [0, 0.05) is 22.0 Å². The highest BCUT2D eigenvalue weighted by atomic mass is 35.5. The number of hydrogen-bond acceptors (Lipinski definition) is 5. The van der Waals surface area contributed by atoms with Crippen LogP contribution in [-0.4, -0.2) is 20.8 Å². The highest BCUT2D eigenvalue weighted by Gasteiger charge is 2.06. The van der Waals surface area contributed by atoms with Crippen LogP contribution in [0.2, 0.25) is 5.02 Å². The van der Waals surface area contributed by atoms with E-state index in [4.69, 9.17) is 11.6 Å². The van der Waals surface area contributed by atoms with E-state index in [-0.39, 0.29) is 5.75 Å². The van der Waals surface area contributed by atoms with Gasteiger partial charge in [-0.2, -0.15) is 5.10 Å². The summed E-state index contributed by atoms with van der Waals surface area (Å²) in [5.41, 5.74) is 5.66. The van der Waals surface area contributed by atoms with Crippen LogP contribution in [0, 0.1) is 13.8 Å². The van der Waals surface area contributed by atoms with Crippen molar-refractivity contribution in [1.82, 2.24) is 9.97 Å². The average molecular weight is 291 g/mol. The van der Waals surface area contributed by atoms with Crippen LogP contribution >= 0.6 is 11.6 Å². The van der Waals surface area contributed by atoms with Crippen molar-refractivity contribution in [1.29, 1.82) is 0 Å². The molecule has 1 aromatic heterocycles. The van der Waals surface area contributed by atoms with Crippen molar-refractivity contribution in [2.24, 2.45) is 5.10 Å². The number of rotatable bonds is 3. The van der Waals surface area contributed by atoms with Crippen LogP contribution in [0.15, 0.2) is 29.4 Å². The van der Waals surface area contributed by atoms with Gasteiger partial charge in [-0.05, 0) is 45.0 Å². The molecule has 0 atom stereocenters. The predicted octanol–water partition coefficient (Wildman–Crippen LogP) is 3.29. The second kappa shape index (κ2) is 5.88. The first-order valence-electron chi connectivity index (χ1n) is 6.07. The Morgan fingerprint density at radius 1 is 1.20 bits per heavy atom. The van der Waals surface area contributed by atoms with Crippen molar-refractivity contribution in [3.05, 3.63) is 46.2 Å². The molecule has 0 aliphatic carbocycles. The molecule has 0 fully saturated rings. The molecular weight excluding hydrogens is 276 g/mol. The van der Waals surface area contributed by atoms with Crippen molar-refractivity contribution >= 4 is 23.3 Å². The van der Waals surface area contributed by atoms with Gasteiger partial charge in [0.25, 0.3) is 0 Å². The summed E-state index contributed by atoms with van der Waals surface area (Å²) >= 11 is 5.91. The topological polar surface area (TPSA) is 70.4 Å². The Kier molecular flexibility index (Phi) is 4.20. The van der Waals surface area contributed by atoms with E-state index in [1.54, 1.807) is 19.1 Å². The largest absolute Gasteiger partial charge is 0.507 e. The maximum atomic E-state index is 9.79. The highest BCUT2D eigenvalue weighted by Crippen LogP contribution is 2.22.